The van der Waals surface area contributed by atoms with Crippen molar-refractivity contribution in [3.8, 4) is 17.9 Å². The molecule has 1 fully saturated rings. The molecular weight excluding hydrogens is 582 g/mol. The van der Waals surface area contributed by atoms with Crippen molar-refractivity contribution < 1.29 is 9.53 Å². The van der Waals surface area contributed by atoms with E-state index in [-0.39, 0.29) is 23.6 Å². The Kier molecular flexibility index (Phi) is 8.99. The highest BCUT2D eigenvalue weighted by molar-refractivity contribution is 6.36. The number of benzene rings is 2. The van der Waals surface area contributed by atoms with Gasteiger partial charge in [-0.15, -0.1) is 5.10 Å². The third-order valence-corrected chi connectivity index (χ3v) is 8.11. The second-order valence-electron chi connectivity index (χ2n) is 10.3. The summed E-state index contributed by atoms with van der Waals surface area (Å²) in [6.45, 7) is 7.34. The average molecular weight is 614 g/mol. The maximum absolute atomic E-state index is 11.7. The summed E-state index contributed by atoms with van der Waals surface area (Å²) in [7, 11) is 1.62. The minimum atomic E-state index is -0.370. The van der Waals surface area contributed by atoms with E-state index in [0.29, 0.717) is 72.7 Å². The number of nitrogens with one attached hydrogen (secondary N) is 1. The van der Waals surface area contributed by atoms with Crippen LogP contribution in [0.3, 0.4) is 0 Å². The van der Waals surface area contributed by atoms with Crippen molar-refractivity contribution in [2.45, 2.75) is 26.4 Å². The number of nitrogens with two attached hydrogens (primary N) is 1. The summed E-state index contributed by atoms with van der Waals surface area (Å²) in [6, 6.07) is 15.1. The molecule has 0 spiro atoms. The number of amides is 1. The number of carbonyl (C=O) groups excluding carboxylic acids is 1. The third kappa shape index (κ3) is 6.15. The Bertz CT molecular complexity index is 1750. The number of aromatic nitrogens is 4. The topological polar surface area (TPSA) is 165 Å². The number of nitriles is 2. The van der Waals surface area contributed by atoms with E-state index < -0.39 is 0 Å². The second-order valence-corrected chi connectivity index (χ2v) is 10.7. The summed E-state index contributed by atoms with van der Waals surface area (Å²) in [5.74, 6) is 1.10. The number of halogens is 1. The summed E-state index contributed by atoms with van der Waals surface area (Å²) < 4.78 is 6.73. The molecule has 4 aromatic rings. The Labute approximate surface area is 260 Å². The standard InChI is InChI=1S/C30H32ClN11O2/c1-4-39(18-20-5-7-23(44-3)8-6-20)29-28-35-17-22(16-33)42(28)38-30(37-29)36-24-13-21(15-32)14-25(26(24)31)41-11-9-40(10-12-41)19(2)27(34)43/h5-8,13-14,17,19H,4,9-12,18H2,1-3H3,(H2,34,43)(H,36,38). The van der Waals surface area contributed by atoms with Crippen LogP contribution in [-0.2, 0) is 11.3 Å². The van der Waals surface area contributed by atoms with E-state index in [4.69, 9.17) is 27.1 Å². The predicted molar refractivity (Wildman–Crippen MR) is 167 cm³/mol. The number of hydrogen-bond acceptors (Lipinski definition) is 11. The number of hydrogen-bond donors (Lipinski definition) is 2. The molecule has 1 saturated heterocycles. The highest BCUT2D eigenvalue weighted by Crippen LogP contribution is 2.37. The van der Waals surface area contributed by atoms with Gasteiger partial charge in [-0.25, -0.2) is 4.98 Å². The number of nitrogens with zero attached hydrogens (tertiary/aromatic N) is 9. The smallest absolute Gasteiger partial charge is 0.247 e. The third-order valence-electron chi connectivity index (χ3n) is 7.72. The maximum Gasteiger partial charge on any atom is 0.247 e. The van der Waals surface area contributed by atoms with Gasteiger partial charge >= 0.3 is 0 Å². The molecule has 3 heterocycles. The number of ether oxygens (including phenoxy) is 1. The molecule has 0 saturated carbocycles. The summed E-state index contributed by atoms with van der Waals surface area (Å²) >= 11 is 6.94. The van der Waals surface area contributed by atoms with Crippen molar-refractivity contribution >= 4 is 46.3 Å². The van der Waals surface area contributed by atoms with E-state index >= 15 is 0 Å². The summed E-state index contributed by atoms with van der Waals surface area (Å²) in [4.78, 5) is 27.1. The lowest BCUT2D eigenvalue weighted by Gasteiger charge is -2.38. The SMILES string of the molecule is CCN(Cc1ccc(OC)cc1)c1nc(Nc2cc(C#N)cc(N3CCN(C(C)C(N)=O)CC3)c2Cl)nn2c(C#N)cnc12. The van der Waals surface area contributed by atoms with E-state index in [1.54, 1.807) is 26.2 Å². The van der Waals surface area contributed by atoms with Gasteiger partial charge in [-0.3, -0.25) is 9.69 Å². The Morgan fingerprint density at radius 2 is 1.91 bits per heavy atom. The molecule has 0 aliphatic carbocycles. The molecule has 3 N–H and O–H groups in total. The highest BCUT2D eigenvalue weighted by atomic mass is 35.5. The summed E-state index contributed by atoms with van der Waals surface area (Å²) in [6.07, 6.45) is 1.46. The second kappa shape index (κ2) is 13.0. The van der Waals surface area contributed by atoms with Crippen LogP contribution in [0.5, 0.6) is 5.75 Å². The van der Waals surface area contributed by atoms with Gasteiger partial charge in [0.1, 0.15) is 11.8 Å². The fourth-order valence-corrected chi connectivity index (χ4v) is 5.42. The summed E-state index contributed by atoms with van der Waals surface area (Å²) in [5.41, 5.74) is 8.72. The van der Waals surface area contributed by atoms with Gasteiger partial charge in [0.05, 0.1) is 47.4 Å². The largest absolute Gasteiger partial charge is 0.497 e. The molecule has 0 radical (unpaired) electrons. The minimum Gasteiger partial charge on any atom is -0.497 e. The number of fused-ring (bicyclic) bond motifs is 1. The van der Waals surface area contributed by atoms with Crippen molar-refractivity contribution in [1.29, 1.82) is 10.5 Å². The van der Waals surface area contributed by atoms with Crippen LogP contribution in [0.25, 0.3) is 5.65 Å². The predicted octanol–water partition coefficient (Wildman–Crippen LogP) is 3.30. The van der Waals surface area contributed by atoms with Gasteiger partial charge in [-0.05, 0) is 43.7 Å². The van der Waals surface area contributed by atoms with E-state index in [2.05, 4.69) is 32.4 Å². The number of imidazole rings is 1. The van der Waals surface area contributed by atoms with Crippen LogP contribution in [0.2, 0.25) is 5.02 Å². The van der Waals surface area contributed by atoms with Gasteiger partial charge in [0.25, 0.3) is 0 Å². The number of piperazine rings is 1. The van der Waals surface area contributed by atoms with Crippen LogP contribution in [-0.4, -0.2) is 76.3 Å². The monoisotopic (exact) mass is 613 g/mol. The van der Waals surface area contributed by atoms with Crippen LogP contribution in [0.1, 0.15) is 30.7 Å². The molecular formula is C30H32ClN11O2. The lowest BCUT2D eigenvalue weighted by molar-refractivity contribution is -0.122. The molecule has 0 bridgehead atoms. The van der Waals surface area contributed by atoms with E-state index in [9.17, 15) is 15.3 Å². The molecule has 1 aliphatic heterocycles. The van der Waals surface area contributed by atoms with Gasteiger partial charge in [0, 0.05) is 39.3 Å². The maximum atomic E-state index is 11.7. The molecule has 1 unspecified atom stereocenters. The minimum absolute atomic E-state index is 0.179. The van der Waals surface area contributed by atoms with Crippen molar-refractivity contribution in [3.63, 3.8) is 0 Å². The number of rotatable bonds is 10. The zero-order valence-electron chi connectivity index (χ0n) is 24.7. The fraction of sp³-hybridized carbons (Fsp3) is 0.333. The molecule has 5 rings (SSSR count). The zero-order chi connectivity index (χ0) is 31.4. The van der Waals surface area contributed by atoms with Crippen LogP contribution < -0.4 is 25.6 Å². The molecule has 1 atom stereocenters. The first-order valence-corrected chi connectivity index (χ1v) is 14.5. The van der Waals surface area contributed by atoms with E-state index in [1.807, 2.05) is 41.0 Å². The van der Waals surface area contributed by atoms with Crippen molar-refractivity contribution in [1.82, 2.24) is 24.5 Å². The molecule has 14 heteroatoms. The zero-order valence-corrected chi connectivity index (χ0v) is 25.4. The van der Waals surface area contributed by atoms with Crippen LogP contribution >= 0.6 is 11.6 Å². The quantitative estimate of drug-likeness (QED) is 0.269. The van der Waals surface area contributed by atoms with Crippen molar-refractivity contribution in [2.24, 2.45) is 5.73 Å². The Balaban J connectivity index is 1.49. The summed E-state index contributed by atoms with van der Waals surface area (Å²) in [5, 5.41) is 27.7. The molecule has 226 valence electrons. The first-order valence-electron chi connectivity index (χ1n) is 14.1. The van der Waals surface area contributed by atoms with Gasteiger partial charge in [0.15, 0.2) is 17.2 Å². The van der Waals surface area contributed by atoms with Gasteiger partial charge in [0.2, 0.25) is 11.9 Å². The molecule has 2 aromatic carbocycles. The number of carbonyl (C=O) groups is 1. The molecule has 44 heavy (non-hydrogen) atoms. The Hall–Kier alpha value is -5.11. The van der Waals surface area contributed by atoms with Crippen LogP contribution in [0.4, 0.5) is 23.1 Å². The van der Waals surface area contributed by atoms with Crippen LogP contribution in [0.15, 0.2) is 42.6 Å². The molecule has 13 nitrogen and oxygen atoms in total. The lowest BCUT2D eigenvalue weighted by Crippen LogP contribution is -2.53. The average Bonchev–Trinajstić information content (AvgIpc) is 3.47. The van der Waals surface area contributed by atoms with Gasteiger partial charge < -0.3 is 25.6 Å². The first-order chi connectivity index (χ1) is 21.3. The number of anilines is 4. The normalized spacial score (nSPS) is 14.1. The van der Waals surface area contributed by atoms with Crippen molar-refractivity contribution in [2.75, 3.05) is 55.0 Å². The Morgan fingerprint density at radius 1 is 1.18 bits per heavy atom. The number of methoxy groups -OCH3 is 1. The lowest BCUT2D eigenvalue weighted by atomic mass is 10.1. The first kappa shape index (κ1) is 30.4. The molecule has 1 amide bonds. The van der Waals surface area contributed by atoms with E-state index in [0.717, 1.165) is 11.3 Å². The Morgan fingerprint density at radius 3 is 2.52 bits per heavy atom. The van der Waals surface area contributed by atoms with Gasteiger partial charge in [-0.2, -0.15) is 20.0 Å². The van der Waals surface area contributed by atoms with Gasteiger partial charge in [-0.1, -0.05) is 23.7 Å². The van der Waals surface area contributed by atoms with E-state index in [1.165, 1.54) is 10.7 Å². The molecule has 2 aromatic heterocycles. The fourth-order valence-electron chi connectivity index (χ4n) is 5.14. The molecule has 1 aliphatic rings. The highest BCUT2D eigenvalue weighted by Gasteiger charge is 2.26. The van der Waals surface area contributed by atoms with Crippen molar-refractivity contribution in [3.05, 3.63) is 64.4 Å². The van der Waals surface area contributed by atoms with Crippen LogP contribution in [0, 0.1) is 22.7 Å². The number of primary amides is 1.